The predicted molar refractivity (Wildman–Crippen MR) is 105 cm³/mol. The summed E-state index contributed by atoms with van der Waals surface area (Å²) in [6.45, 7) is 5.92. The Bertz CT molecular complexity index is 818. The van der Waals surface area contributed by atoms with Gasteiger partial charge in [0, 0.05) is 15.7 Å². The fraction of sp³-hybridized carbons (Fsp3) is 0.300. The quantitative estimate of drug-likeness (QED) is 0.659. The molecule has 138 valence electrons. The van der Waals surface area contributed by atoms with Crippen molar-refractivity contribution in [2.75, 3.05) is 19.0 Å². The molecule has 0 aliphatic carbocycles. The van der Waals surface area contributed by atoms with Crippen LogP contribution in [0.3, 0.4) is 0 Å². The SMILES string of the molecule is COc1cc(Br)c(C=O)cc1OCC(=O)Nc1c(C)cccc1C(C)C. The lowest BCUT2D eigenvalue weighted by molar-refractivity contribution is -0.118. The molecule has 0 atom stereocenters. The molecule has 0 aliphatic rings. The second-order valence-corrected chi connectivity index (χ2v) is 7.03. The Hall–Kier alpha value is -2.34. The Balaban J connectivity index is 2.14. The number of amides is 1. The number of hydrogen-bond donors (Lipinski definition) is 1. The van der Waals surface area contributed by atoms with Crippen molar-refractivity contribution in [1.82, 2.24) is 0 Å². The van der Waals surface area contributed by atoms with Crippen LogP contribution < -0.4 is 14.8 Å². The summed E-state index contributed by atoms with van der Waals surface area (Å²) in [6.07, 6.45) is 0.707. The van der Waals surface area contributed by atoms with Crippen LogP contribution >= 0.6 is 15.9 Å². The molecular weight excluding hydrogens is 398 g/mol. The van der Waals surface area contributed by atoms with E-state index in [1.165, 1.54) is 13.2 Å². The van der Waals surface area contributed by atoms with Gasteiger partial charge in [0.05, 0.1) is 7.11 Å². The van der Waals surface area contributed by atoms with E-state index in [0.717, 1.165) is 16.8 Å². The molecule has 2 rings (SSSR count). The number of carbonyl (C=O) groups excluding carboxylic acids is 2. The largest absolute Gasteiger partial charge is 0.493 e. The molecule has 0 bridgehead atoms. The van der Waals surface area contributed by atoms with Gasteiger partial charge in [-0.3, -0.25) is 9.59 Å². The molecule has 1 amide bonds. The van der Waals surface area contributed by atoms with E-state index >= 15 is 0 Å². The Morgan fingerprint density at radius 3 is 2.62 bits per heavy atom. The van der Waals surface area contributed by atoms with Gasteiger partial charge < -0.3 is 14.8 Å². The fourth-order valence-electron chi connectivity index (χ4n) is 2.57. The molecular formula is C20H22BrNO4. The van der Waals surface area contributed by atoms with E-state index in [-0.39, 0.29) is 18.4 Å². The van der Waals surface area contributed by atoms with Gasteiger partial charge in [0.25, 0.3) is 5.91 Å². The van der Waals surface area contributed by atoms with Gasteiger partial charge in [0.15, 0.2) is 24.4 Å². The first kappa shape index (κ1) is 20.0. The number of halogens is 1. The van der Waals surface area contributed by atoms with Crippen LogP contribution in [0.15, 0.2) is 34.8 Å². The minimum atomic E-state index is -0.279. The van der Waals surface area contributed by atoms with E-state index in [1.54, 1.807) is 6.07 Å². The number of rotatable bonds is 7. The van der Waals surface area contributed by atoms with Gasteiger partial charge in [-0.15, -0.1) is 0 Å². The molecule has 5 nitrogen and oxygen atoms in total. The second kappa shape index (κ2) is 8.85. The zero-order valence-corrected chi connectivity index (χ0v) is 16.8. The average molecular weight is 420 g/mol. The lowest BCUT2D eigenvalue weighted by atomic mass is 9.98. The number of carbonyl (C=O) groups is 2. The first-order chi connectivity index (χ1) is 12.4. The van der Waals surface area contributed by atoms with Crippen molar-refractivity contribution in [1.29, 1.82) is 0 Å². The number of aldehydes is 1. The number of ether oxygens (including phenoxy) is 2. The van der Waals surface area contributed by atoms with Crippen molar-refractivity contribution in [2.24, 2.45) is 0 Å². The van der Waals surface area contributed by atoms with Gasteiger partial charge in [0.2, 0.25) is 0 Å². The maximum absolute atomic E-state index is 12.4. The van der Waals surface area contributed by atoms with Gasteiger partial charge in [-0.1, -0.05) is 32.0 Å². The van der Waals surface area contributed by atoms with E-state index < -0.39 is 0 Å². The van der Waals surface area contributed by atoms with E-state index in [2.05, 4.69) is 35.1 Å². The molecule has 0 spiro atoms. The molecule has 0 radical (unpaired) electrons. The molecule has 2 aromatic rings. The number of benzene rings is 2. The molecule has 6 heteroatoms. The number of para-hydroxylation sites is 1. The number of nitrogens with one attached hydrogen (secondary N) is 1. The summed E-state index contributed by atoms with van der Waals surface area (Å²) in [7, 11) is 1.50. The molecule has 0 aliphatic heterocycles. The van der Waals surface area contributed by atoms with Crippen molar-refractivity contribution in [3.05, 3.63) is 51.5 Å². The van der Waals surface area contributed by atoms with E-state index in [4.69, 9.17) is 9.47 Å². The van der Waals surface area contributed by atoms with Crippen molar-refractivity contribution in [2.45, 2.75) is 26.7 Å². The smallest absolute Gasteiger partial charge is 0.262 e. The monoisotopic (exact) mass is 419 g/mol. The van der Waals surface area contributed by atoms with Crippen LogP contribution in [0.4, 0.5) is 5.69 Å². The van der Waals surface area contributed by atoms with E-state index in [1.807, 2.05) is 25.1 Å². The number of hydrogen-bond acceptors (Lipinski definition) is 4. The fourth-order valence-corrected chi connectivity index (χ4v) is 2.99. The number of aryl methyl sites for hydroxylation is 1. The van der Waals surface area contributed by atoms with Gasteiger partial charge in [-0.2, -0.15) is 0 Å². The highest BCUT2D eigenvalue weighted by Crippen LogP contribution is 2.33. The lowest BCUT2D eigenvalue weighted by Crippen LogP contribution is -2.22. The number of anilines is 1. The maximum atomic E-state index is 12.4. The molecule has 0 saturated heterocycles. The molecule has 0 fully saturated rings. The van der Waals surface area contributed by atoms with Crippen molar-refractivity contribution in [3.63, 3.8) is 0 Å². The van der Waals surface area contributed by atoms with Crippen molar-refractivity contribution < 1.29 is 19.1 Å². The standard InChI is InChI=1S/C20H22BrNO4/c1-12(2)15-7-5-6-13(3)20(15)22-19(24)11-26-18-8-14(10-23)16(21)9-17(18)25-4/h5-10,12H,11H2,1-4H3,(H,22,24). The summed E-state index contributed by atoms with van der Waals surface area (Å²) in [4.78, 5) is 23.5. The molecule has 0 saturated carbocycles. The third-order valence-corrected chi connectivity index (χ3v) is 4.65. The highest BCUT2D eigenvalue weighted by molar-refractivity contribution is 9.10. The Labute approximate surface area is 161 Å². The minimum absolute atomic E-state index is 0.192. The van der Waals surface area contributed by atoms with Crippen molar-refractivity contribution in [3.8, 4) is 11.5 Å². The normalized spacial score (nSPS) is 10.5. The maximum Gasteiger partial charge on any atom is 0.262 e. The summed E-state index contributed by atoms with van der Waals surface area (Å²) < 4.78 is 11.4. The molecule has 26 heavy (non-hydrogen) atoms. The van der Waals surface area contributed by atoms with Gasteiger partial charge in [0.1, 0.15) is 0 Å². The second-order valence-electron chi connectivity index (χ2n) is 6.17. The first-order valence-electron chi connectivity index (χ1n) is 8.22. The zero-order valence-electron chi connectivity index (χ0n) is 15.3. The summed E-state index contributed by atoms with van der Waals surface area (Å²) in [6, 6.07) is 9.11. The van der Waals surface area contributed by atoms with Crippen LogP contribution in [-0.4, -0.2) is 25.9 Å². The van der Waals surface area contributed by atoms with E-state index in [9.17, 15) is 9.59 Å². The summed E-state index contributed by atoms with van der Waals surface area (Å²) in [5.41, 5.74) is 3.30. The summed E-state index contributed by atoms with van der Waals surface area (Å²) >= 11 is 3.29. The molecule has 0 unspecified atom stereocenters. The lowest BCUT2D eigenvalue weighted by Gasteiger charge is -2.17. The van der Waals surface area contributed by atoms with Crippen LogP contribution in [0.5, 0.6) is 11.5 Å². The van der Waals surface area contributed by atoms with E-state index in [0.29, 0.717) is 27.8 Å². The molecule has 2 aromatic carbocycles. The Morgan fingerprint density at radius 2 is 2.00 bits per heavy atom. The van der Waals surface area contributed by atoms with Crippen LogP contribution in [0.2, 0.25) is 0 Å². The van der Waals surface area contributed by atoms with Gasteiger partial charge in [-0.25, -0.2) is 0 Å². The highest BCUT2D eigenvalue weighted by atomic mass is 79.9. The van der Waals surface area contributed by atoms with Crippen LogP contribution in [0, 0.1) is 6.92 Å². The molecule has 0 heterocycles. The summed E-state index contributed by atoms with van der Waals surface area (Å²) in [5.74, 6) is 0.780. The van der Waals surface area contributed by atoms with Crippen LogP contribution in [0.1, 0.15) is 41.3 Å². The first-order valence-corrected chi connectivity index (χ1v) is 9.01. The zero-order chi connectivity index (χ0) is 19.3. The topological polar surface area (TPSA) is 64.6 Å². The summed E-state index contributed by atoms with van der Waals surface area (Å²) in [5, 5.41) is 2.92. The Morgan fingerprint density at radius 1 is 1.27 bits per heavy atom. The predicted octanol–water partition coefficient (Wildman–Crippen LogP) is 4.72. The van der Waals surface area contributed by atoms with Crippen molar-refractivity contribution >= 4 is 33.8 Å². The van der Waals surface area contributed by atoms with Gasteiger partial charge >= 0.3 is 0 Å². The van der Waals surface area contributed by atoms with Crippen LogP contribution in [0.25, 0.3) is 0 Å². The molecule has 1 N–H and O–H groups in total. The third kappa shape index (κ3) is 4.64. The Kier molecular flexibility index (Phi) is 6.80. The molecule has 0 aromatic heterocycles. The number of methoxy groups -OCH3 is 1. The highest BCUT2D eigenvalue weighted by Gasteiger charge is 2.15. The minimum Gasteiger partial charge on any atom is -0.493 e. The van der Waals surface area contributed by atoms with Gasteiger partial charge in [-0.05, 0) is 52.0 Å². The average Bonchev–Trinajstić information content (AvgIpc) is 2.61. The third-order valence-electron chi connectivity index (χ3n) is 3.96. The van der Waals surface area contributed by atoms with Crippen LogP contribution in [-0.2, 0) is 4.79 Å².